The normalized spacial score (nSPS) is 15.2. The zero-order chi connectivity index (χ0) is 26.4. The van der Waals surface area contributed by atoms with E-state index in [0.717, 1.165) is 0 Å². The van der Waals surface area contributed by atoms with E-state index >= 15 is 0 Å². The highest BCUT2D eigenvalue weighted by Gasteiger charge is 2.32. The second-order valence-corrected chi connectivity index (χ2v) is 8.73. The molecule has 0 aliphatic carbocycles. The molecule has 5 unspecified atom stereocenters. The van der Waals surface area contributed by atoms with Crippen LogP contribution in [-0.2, 0) is 28.8 Å². The lowest BCUT2D eigenvalue weighted by Crippen LogP contribution is -2.58. The fourth-order valence-corrected chi connectivity index (χ4v) is 3.21. The molecule has 3 amide bonds. The van der Waals surface area contributed by atoms with Crippen molar-refractivity contribution in [3.63, 3.8) is 0 Å². The number of carbonyl (C=O) groups is 6. The van der Waals surface area contributed by atoms with E-state index in [0.29, 0.717) is 12.2 Å². The van der Waals surface area contributed by atoms with Crippen molar-refractivity contribution in [1.29, 1.82) is 0 Å². The SMILES string of the molecule is CCC(C)C(N)C(=O)NC(CCC(=O)O)C(=O)NC(CC(=O)O)C(=O)NC(CCSC)C(=O)O. The van der Waals surface area contributed by atoms with Crippen molar-refractivity contribution in [2.75, 3.05) is 12.0 Å². The summed E-state index contributed by atoms with van der Waals surface area (Å²) in [5, 5.41) is 34.1. The number of aliphatic carboxylic acids is 3. The molecule has 0 aromatic carbocycles. The molecule has 5 atom stereocenters. The molecule has 0 spiro atoms. The molecule has 34 heavy (non-hydrogen) atoms. The molecule has 0 bridgehead atoms. The van der Waals surface area contributed by atoms with Crippen molar-refractivity contribution in [3.05, 3.63) is 0 Å². The van der Waals surface area contributed by atoms with Gasteiger partial charge in [0.15, 0.2) is 0 Å². The predicted molar refractivity (Wildman–Crippen MR) is 123 cm³/mol. The van der Waals surface area contributed by atoms with E-state index in [4.69, 9.17) is 15.9 Å². The fraction of sp³-hybridized carbons (Fsp3) is 0.700. The number of rotatable bonds is 17. The Bertz CT molecular complexity index is 750. The minimum Gasteiger partial charge on any atom is -0.481 e. The van der Waals surface area contributed by atoms with E-state index in [1.54, 1.807) is 13.2 Å². The summed E-state index contributed by atoms with van der Waals surface area (Å²) >= 11 is 1.35. The Hall–Kier alpha value is -2.87. The number of carboxylic acids is 3. The molecule has 0 saturated heterocycles. The molecule has 0 aliphatic rings. The fourth-order valence-electron chi connectivity index (χ4n) is 2.74. The average Bonchev–Trinajstić information content (AvgIpc) is 2.76. The van der Waals surface area contributed by atoms with Crippen LogP contribution in [-0.4, -0.2) is 87.1 Å². The maximum Gasteiger partial charge on any atom is 0.326 e. The highest BCUT2D eigenvalue weighted by molar-refractivity contribution is 7.98. The van der Waals surface area contributed by atoms with Crippen molar-refractivity contribution in [2.45, 2.75) is 70.1 Å². The quantitative estimate of drug-likeness (QED) is 0.126. The minimum atomic E-state index is -1.66. The lowest BCUT2D eigenvalue weighted by atomic mass is 9.98. The predicted octanol–water partition coefficient (Wildman–Crippen LogP) is -1.01. The van der Waals surface area contributed by atoms with Crippen LogP contribution in [0.3, 0.4) is 0 Å². The minimum absolute atomic E-state index is 0.0702. The number of carbonyl (C=O) groups excluding carboxylic acids is 3. The molecule has 0 aromatic heterocycles. The standard InChI is InChI=1S/C20H34N4O9S/c1-4-10(2)16(21)19(31)22-11(5-6-14(25)26)17(29)24-13(9-15(27)28)18(30)23-12(20(32)33)7-8-34-3/h10-13,16H,4-9,21H2,1-3H3,(H,22,31)(H,23,30)(H,24,29)(H,25,26)(H,27,28)(H,32,33). The summed E-state index contributed by atoms with van der Waals surface area (Å²) in [6, 6.07) is -5.34. The van der Waals surface area contributed by atoms with E-state index < -0.39 is 72.6 Å². The van der Waals surface area contributed by atoms with Crippen LogP contribution in [0.5, 0.6) is 0 Å². The smallest absolute Gasteiger partial charge is 0.326 e. The third kappa shape index (κ3) is 11.8. The van der Waals surface area contributed by atoms with Gasteiger partial charge in [0.25, 0.3) is 0 Å². The highest BCUT2D eigenvalue weighted by atomic mass is 32.2. The van der Waals surface area contributed by atoms with Crippen molar-refractivity contribution in [3.8, 4) is 0 Å². The van der Waals surface area contributed by atoms with E-state index in [-0.39, 0.29) is 18.8 Å². The van der Waals surface area contributed by atoms with Gasteiger partial charge in [0.2, 0.25) is 17.7 Å². The van der Waals surface area contributed by atoms with Crippen LogP contribution in [0.25, 0.3) is 0 Å². The molecule has 0 heterocycles. The van der Waals surface area contributed by atoms with Crippen molar-refractivity contribution >= 4 is 47.4 Å². The lowest BCUT2D eigenvalue weighted by molar-refractivity contribution is -0.143. The molecule has 0 aliphatic heterocycles. The number of nitrogens with two attached hydrogens (primary N) is 1. The largest absolute Gasteiger partial charge is 0.481 e. The molecule has 8 N–H and O–H groups in total. The van der Waals surface area contributed by atoms with Crippen molar-refractivity contribution in [2.24, 2.45) is 11.7 Å². The summed E-state index contributed by atoms with van der Waals surface area (Å²) in [4.78, 5) is 71.4. The number of hydrogen-bond acceptors (Lipinski definition) is 8. The molecule has 0 rings (SSSR count). The van der Waals surface area contributed by atoms with Crippen LogP contribution in [0.1, 0.15) is 46.0 Å². The third-order valence-electron chi connectivity index (χ3n) is 5.08. The summed E-state index contributed by atoms with van der Waals surface area (Å²) in [7, 11) is 0. The monoisotopic (exact) mass is 506 g/mol. The Kier molecular flexibility index (Phi) is 14.5. The van der Waals surface area contributed by atoms with Gasteiger partial charge in [-0.2, -0.15) is 11.8 Å². The molecule has 14 heteroatoms. The van der Waals surface area contributed by atoms with Crippen LogP contribution in [0, 0.1) is 5.92 Å². The Labute approximate surface area is 201 Å². The van der Waals surface area contributed by atoms with E-state index in [2.05, 4.69) is 16.0 Å². The van der Waals surface area contributed by atoms with Crippen LogP contribution in [0.2, 0.25) is 0 Å². The Morgan fingerprint density at radius 2 is 1.35 bits per heavy atom. The summed E-state index contributed by atoms with van der Waals surface area (Å²) in [6.45, 7) is 3.53. The molecular weight excluding hydrogens is 472 g/mol. The third-order valence-corrected chi connectivity index (χ3v) is 5.72. The first-order valence-electron chi connectivity index (χ1n) is 10.7. The highest BCUT2D eigenvalue weighted by Crippen LogP contribution is 2.08. The van der Waals surface area contributed by atoms with E-state index in [9.17, 15) is 33.9 Å². The van der Waals surface area contributed by atoms with E-state index in [1.807, 2.05) is 6.92 Å². The Balaban J connectivity index is 5.58. The topological polar surface area (TPSA) is 225 Å². The van der Waals surface area contributed by atoms with Crippen molar-refractivity contribution < 1.29 is 44.1 Å². The molecule has 194 valence electrons. The molecule has 0 aromatic rings. The number of amides is 3. The number of thioether (sulfide) groups is 1. The van der Waals surface area contributed by atoms with Crippen LogP contribution in [0.15, 0.2) is 0 Å². The van der Waals surface area contributed by atoms with Crippen LogP contribution < -0.4 is 21.7 Å². The van der Waals surface area contributed by atoms with Gasteiger partial charge in [-0.3, -0.25) is 24.0 Å². The zero-order valence-electron chi connectivity index (χ0n) is 19.4. The van der Waals surface area contributed by atoms with Gasteiger partial charge in [-0.1, -0.05) is 20.3 Å². The number of carboxylic acid groups (broad SMARTS) is 3. The molecule has 13 nitrogen and oxygen atoms in total. The molecule has 0 saturated carbocycles. The lowest BCUT2D eigenvalue weighted by Gasteiger charge is -2.25. The van der Waals surface area contributed by atoms with Gasteiger partial charge in [-0.25, -0.2) is 4.79 Å². The van der Waals surface area contributed by atoms with Crippen LogP contribution >= 0.6 is 11.8 Å². The zero-order valence-corrected chi connectivity index (χ0v) is 20.2. The number of hydrogen-bond donors (Lipinski definition) is 7. The first-order chi connectivity index (χ1) is 15.8. The van der Waals surface area contributed by atoms with Gasteiger partial charge in [0.05, 0.1) is 12.5 Å². The molecule has 0 fully saturated rings. The first-order valence-corrected chi connectivity index (χ1v) is 12.0. The Morgan fingerprint density at radius 3 is 1.82 bits per heavy atom. The average molecular weight is 507 g/mol. The number of nitrogens with one attached hydrogen (secondary N) is 3. The van der Waals surface area contributed by atoms with Gasteiger partial charge in [0, 0.05) is 6.42 Å². The van der Waals surface area contributed by atoms with Gasteiger partial charge in [-0.15, -0.1) is 0 Å². The Morgan fingerprint density at radius 1 is 0.824 bits per heavy atom. The van der Waals surface area contributed by atoms with Crippen LogP contribution in [0.4, 0.5) is 0 Å². The molecule has 0 radical (unpaired) electrons. The molecular formula is C20H34N4O9S. The summed E-state index contributed by atoms with van der Waals surface area (Å²) in [5.74, 6) is -6.57. The van der Waals surface area contributed by atoms with E-state index in [1.165, 1.54) is 11.8 Å². The van der Waals surface area contributed by atoms with Crippen molar-refractivity contribution in [1.82, 2.24) is 16.0 Å². The maximum absolute atomic E-state index is 12.8. The van der Waals surface area contributed by atoms with Gasteiger partial charge in [0.1, 0.15) is 18.1 Å². The second-order valence-electron chi connectivity index (χ2n) is 7.74. The summed E-state index contributed by atoms with van der Waals surface area (Å²) in [5.41, 5.74) is 5.85. The first kappa shape index (κ1) is 31.1. The van der Waals surface area contributed by atoms with Gasteiger partial charge < -0.3 is 37.0 Å². The summed E-state index contributed by atoms with van der Waals surface area (Å²) < 4.78 is 0. The summed E-state index contributed by atoms with van der Waals surface area (Å²) in [6.07, 6.45) is 0.685. The van der Waals surface area contributed by atoms with Gasteiger partial charge in [-0.05, 0) is 30.8 Å². The maximum atomic E-state index is 12.8. The van der Waals surface area contributed by atoms with Gasteiger partial charge >= 0.3 is 17.9 Å². The second kappa shape index (κ2) is 15.9.